The standard InChI is InChI=1S/C15H17Cl2N5O/c1-22(2)6-5-19-15-18-4-3-13(21-15)14(23)20-12-8-10(16)7-11(17)9-12/h3-4,7-9H,5-6H2,1-2H3,(H,20,23)(H,18,19,21). The molecule has 1 aromatic heterocycles. The highest BCUT2D eigenvalue weighted by atomic mass is 35.5. The monoisotopic (exact) mass is 353 g/mol. The summed E-state index contributed by atoms with van der Waals surface area (Å²) < 4.78 is 0. The van der Waals surface area contributed by atoms with Gasteiger partial charge in [-0.25, -0.2) is 9.97 Å². The van der Waals surface area contributed by atoms with Crippen molar-refractivity contribution in [3.8, 4) is 0 Å². The van der Waals surface area contributed by atoms with Gasteiger partial charge in [0.25, 0.3) is 5.91 Å². The van der Waals surface area contributed by atoms with Gasteiger partial charge < -0.3 is 15.5 Å². The summed E-state index contributed by atoms with van der Waals surface area (Å²) in [6, 6.07) is 6.36. The topological polar surface area (TPSA) is 70.2 Å². The van der Waals surface area contributed by atoms with Gasteiger partial charge >= 0.3 is 0 Å². The molecule has 0 aliphatic carbocycles. The van der Waals surface area contributed by atoms with Crippen LogP contribution in [0, 0.1) is 0 Å². The molecule has 1 aromatic carbocycles. The van der Waals surface area contributed by atoms with Crippen molar-refractivity contribution in [2.45, 2.75) is 0 Å². The van der Waals surface area contributed by atoms with E-state index in [-0.39, 0.29) is 11.6 Å². The van der Waals surface area contributed by atoms with E-state index in [2.05, 4.69) is 20.6 Å². The fourth-order valence-electron chi connectivity index (χ4n) is 1.78. The summed E-state index contributed by atoms with van der Waals surface area (Å²) >= 11 is 11.8. The lowest BCUT2D eigenvalue weighted by atomic mass is 10.3. The number of anilines is 2. The number of amides is 1. The summed E-state index contributed by atoms with van der Waals surface area (Å²) in [5.74, 6) is 0.0463. The molecule has 0 fully saturated rings. The number of aromatic nitrogens is 2. The van der Waals surface area contributed by atoms with Crippen molar-refractivity contribution >= 4 is 40.7 Å². The van der Waals surface area contributed by atoms with E-state index in [9.17, 15) is 4.79 Å². The molecule has 0 saturated carbocycles. The second-order valence-electron chi connectivity index (χ2n) is 5.11. The molecule has 1 heterocycles. The number of carbonyl (C=O) groups is 1. The third-order valence-electron chi connectivity index (χ3n) is 2.85. The van der Waals surface area contributed by atoms with Crippen LogP contribution in [0.4, 0.5) is 11.6 Å². The molecule has 8 heteroatoms. The molecule has 6 nitrogen and oxygen atoms in total. The van der Waals surface area contributed by atoms with Gasteiger partial charge in [0, 0.05) is 35.0 Å². The van der Waals surface area contributed by atoms with Crippen LogP contribution in [0.15, 0.2) is 30.5 Å². The Morgan fingerprint density at radius 1 is 1.22 bits per heavy atom. The third kappa shape index (κ3) is 5.67. The number of hydrogen-bond donors (Lipinski definition) is 2. The summed E-state index contributed by atoms with van der Waals surface area (Å²) in [6.45, 7) is 1.52. The first-order chi connectivity index (χ1) is 10.9. The minimum absolute atomic E-state index is 0.253. The Bertz CT molecular complexity index is 673. The van der Waals surface area contributed by atoms with Crippen LogP contribution in [-0.4, -0.2) is 48.0 Å². The SMILES string of the molecule is CN(C)CCNc1nccc(C(=O)Nc2cc(Cl)cc(Cl)c2)n1. The van der Waals surface area contributed by atoms with E-state index >= 15 is 0 Å². The lowest BCUT2D eigenvalue weighted by molar-refractivity contribution is 0.102. The minimum atomic E-state index is -0.360. The predicted octanol–water partition coefficient (Wildman–Crippen LogP) is 3.01. The Kier molecular flexibility index (Phi) is 6.15. The Hall–Kier alpha value is -1.89. The summed E-state index contributed by atoms with van der Waals surface area (Å²) in [4.78, 5) is 22.6. The van der Waals surface area contributed by atoms with E-state index in [4.69, 9.17) is 23.2 Å². The van der Waals surface area contributed by atoms with Crippen LogP contribution in [0.1, 0.15) is 10.5 Å². The zero-order valence-corrected chi connectivity index (χ0v) is 14.3. The number of nitrogens with zero attached hydrogens (tertiary/aromatic N) is 3. The minimum Gasteiger partial charge on any atom is -0.353 e. The molecule has 0 aliphatic rings. The van der Waals surface area contributed by atoms with Crippen molar-refractivity contribution in [2.24, 2.45) is 0 Å². The number of halogens is 2. The third-order valence-corrected chi connectivity index (χ3v) is 3.29. The molecule has 0 unspecified atom stereocenters. The normalized spacial score (nSPS) is 10.7. The number of benzene rings is 1. The van der Waals surface area contributed by atoms with Crippen molar-refractivity contribution < 1.29 is 4.79 Å². The Morgan fingerprint density at radius 3 is 2.57 bits per heavy atom. The average molecular weight is 354 g/mol. The van der Waals surface area contributed by atoms with Gasteiger partial charge in [0.05, 0.1) is 0 Å². The zero-order valence-electron chi connectivity index (χ0n) is 12.8. The summed E-state index contributed by atoms with van der Waals surface area (Å²) in [5, 5.41) is 6.67. The Morgan fingerprint density at radius 2 is 1.91 bits per heavy atom. The van der Waals surface area contributed by atoms with E-state index in [0.717, 1.165) is 6.54 Å². The van der Waals surface area contributed by atoms with Crippen molar-refractivity contribution in [3.63, 3.8) is 0 Å². The highest BCUT2D eigenvalue weighted by Crippen LogP contribution is 2.22. The van der Waals surface area contributed by atoms with E-state index in [1.807, 2.05) is 19.0 Å². The molecule has 0 spiro atoms. The number of rotatable bonds is 6. The van der Waals surface area contributed by atoms with Gasteiger partial charge in [-0.3, -0.25) is 4.79 Å². The van der Waals surface area contributed by atoms with Gasteiger partial charge in [-0.1, -0.05) is 23.2 Å². The first-order valence-electron chi connectivity index (χ1n) is 6.93. The molecular formula is C15H17Cl2N5O. The number of hydrogen-bond acceptors (Lipinski definition) is 5. The van der Waals surface area contributed by atoms with Gasteiger partial charge in [0.15, 0.2) is 0 Å². The van der Waals surface area contributed by atoms with Crippen LogP contribution < -0.4 is 10.6 Å². The lowest BCUT2D eigenvalue weighted by Crippen LogP contribution is -2.22. The smallest absolute Gasteiger partial charge is 0.274 e. The van der Waals surface area contributed by atoms with E-state index < -0.39 is 0 Å². The highest BCUT2D eigenvalue weighted by Gasteiger charge is 2.10. The molecule has 0 aliphatic heterocycles. The molecule has 2 N–H and O–H groups in total. The summed E-state index contributed by atoms with van der Waals surface area (Å²) in [6.07, 6.45) is 1.53. The quantitative estimate of drug-likeness (QED) is 0.835. The molecule has 0 radical (unpaired) electrons. The van der Waals surface area contributed by atoms with Crippen molar-refractivity contribution in [1.29, 1.82) is 0 Å². The lowest BCUT2D eigenvalue weighted by Gasteiger charge is -2.11. The van der Waals surface area contributed by atoms with E-state index in [1.165, 1.54) is 6.20 Å². The predicted molar refractivity (Wildman–Crippen MR) is 93.5 cm³/mol. The number of likely N-dealkylation sites (N-methyl/N-ethyl adjacent to an activating group) is 1. The van der Waals surface area contributed by atoms with Crippen LogP contribution >= 0.6 is 23.2 Å². The molecule has 2 rings (SSSR count). The Balaban J connectivity index is 2.04. The molecule has 0 saturated heterocycles. The second-order valence-corrected chi connectivity index (χ2v) is 5.98. The zero-order chi connectivity index (χ0) is 16.8. The van der Waals surface area contributed by atoms with Gasteiger partial charge in [-0.05, 0) is 38.4 Å². The van der Waals surface area contributed by atoms with Crippen molar-refractivity contribution in [2.75, 3.05) is 37.8 Å². The van der Waals surface area contributed by atoms with E-state index in [1.54, 1.807) is 24.3 Å². The van der Waals surface area contributed by atoms with Crippen LogP contribution in [0.3, 0.4) is 0 Å². The fourth-order valence-corrected chi connectivity index (χ4v) is 2.31. The average Bonchev–Trinajstić information content (AvgIpc) is 2.46. The maximum absolute atomic E-state index is 12.2. The number of carbonyl (C=O) groups excluding carboxylic acids is 1. The molecule has 0 bridgehead atoms. The van der Waals surface area contributed by atoms with Gasteiger partial charge in [0.1, 0.15) is 5.69 Å². The van der Waals surface area contributed by atoms with Crippen LogP contribution in [0.2, 0.25) is 10.0 Å². The maximum atomic E-state index is 12.2. The molecule has 23 heavy (non-hydrogen) atoms. The first kappa shape index (κ1) is 17.5. The Labute approximate surface area is 144 Å². The number of nitrogens with one attached hydrogen (secondary N) is 2. The van der Waals surface area contributed by atoms with Gasteiger partial charge in [-0.15, -0.1) is 0 Å². The van der Waals surface area contributed by atoms with Crippen LogP contribution in [0.25, 0.3) is 0 Å². The first-order valence-corrected chi connectivity index (χ1v) is 7.69. The van der Waals surface area contributed by atoms with Crippen molar-refractivity contribution in [3.05, 3.63) is 46.2 Å². The van der Waals surface area contributed by atoms with Crippen LogP contribution in [-0.2, 0) is 0 Å². The van der Waals surface area contributed by atoms with E-state index in [0.29, 0.717) is 28.2 Å². The molecule has 2 aromatic rings. The highest BCUT2D eigenvalue weighted by molar-refractivity contribution is 6.35. The summed E-state index contributed by atoms with van der Waals surface area (Å²) in [5.41, 5.74) is 0.761. The van der Waals surface area contributed by atoms with Gasteiger partial charge in [0.2, 0.25) is 5.95 Å². The molecular weight excluding hydrogens is 337 g/mol. The molecule has 1 amide bonds. The summed E-state index contributed by atoms with van der Waals surface area (Å²) in [7, 11) is 3.95. The largest absolute Gasteiger partial charge is 0.353 e. The fraction of sp³-hybridized carbons (Fsp3) is 0.267. The van der Waals surface area contributed by atoms with Crippen molar-refractivity contribution in [1.82, 2.24) is 14.9 Å². The molecule has 122 valence electrons. The second kappa shape index (κ2) is 8.10. The van der Waals surface area contributed by atoms with Crippen LogP contribution in [0.5, 0.6) is 0 Å². The molecule has 0 atom stereocenters. The van der Waals surface area contributed by atoms with Gasteiger partial charge in [-0.2, -0.15) is 0 Å². The maximum Gasteiger partial charge on any atom is 0.274 e.